The Morgan fingerprint density at radius 2 is 1.96 bits per heavy atom. The third kappa shape index (κ3) is 5.03. The van der Waals surface area contributed by atoms with Gasteiger partial charge in [0.2, 0.25) is 0 Å². The molecule has 1 heterocycles. The Hall–Kier alpha value is -1.94. The lowest BCUT2D eigenvalue weighted by atomic mass is 9.89. The molecule has 2 unspecified atom stereocenters. The van der Waals surface area contributed by atoms with Crippen LogP contribution in [0.5, 0.6) is 11.5 Å². The monoisotopic (exact) mass is 316 g/mol. The van der Waals surface area contributed by atoms with Crippen molar-refractivity contribution in [3.8, 4) is 11.5 Å². The average molecular weight is 316 g/mol. The first kappa shape index (κ1) is 17.4. The number of carbonyl (C=O) groups is 2. The van der Waals surface area contributed by atoms with E-state index in [2.05, 4.69) is 6.92 Å². The Balaban J connectivity index is 0.000000223. The molecule has 0 spiro atoms. The zero-order chi connectivity index (χ0) is 16.8. The van der Waals surface area contributed by atoms with Crippen molar-refractivity contribution < 1.29 is 19.4 Å². The second-order valence-corrected chi connectivity index (χ2v) is 6.02. The minimum absolute atomic E-state index is 0.0322. The number of aliphatic hydroxyl groups excluding tert-OH is 1. The summed E-state index contributed by atoms with van der Waals surface area (Å²) < 4.78 is 4.94. The van der Waals surface area contributed by atoms with Crippen molar-refractivity contribution in [3.05, 3.63) is 35.9 Å². The van der Waals surface area contributed by atoms with E-state index >= 15 is 0 Å². The number of ether oxygens (including phenoxy) is 1. The molecule has 2 aliphatic rings. The highest BCUT2D eigenvalue weighted by atomic mass is 16.6. The fraction of sp³-hybridized carbons (Fsp3) is 0.474. The molecule has 1 aromatic rings. The van der Waals surface area contributed by atoms with E-state index in [1.165, 1.54) is 6.92 Å². The van der Waals surface area contributed by atoms with Gasteiger partial charge in [0.25, 0.3) is 0 Å². The number of allylic oxidation sites excluding steroid dienone is 1. The van der Waals surface area contributed by atoms with Gasteiger partial charge >= 0.3 is 0 Å². The van der Waals surface area contributed by atoms with Crippen LogP contribution in [0, 0.1) is 5.92 Å². The first-order chi connectivity index (χ1) is 11.0. The van der Waals surface area contributed by atoms with E-state index in [0.717, 1.165) is 37.2 Å². The minimum atomic E-state index is -0.685. The molecule has 1 aliphatic heterocycles. The largest absolute Gasteiger partial charge is 0.450 e. The summed E-state index contributed by atoms with van der Waals surface area (Å²) in [6, 6.07) is 7.84. The van der Waals surface area contributed by atoms with Gasteiger partial charge in [0.1, 0.15) is 5.78 Å². The van der Waals surface area contributed by atoms with Crippen LogP contribution >= 0.6 is 0 Å². The van der Waals surface area contributed by atoms with Crippen molar-refractivity contribution in [1.29, 1.82) is 0 Å². The Labute approximate surface area is 137 Å². The predicted octanol–water partition coefficient (Wildman–Crippen LogP) is 3.82. The molecule has 1 N–H and O–H groups in total. The fourth-order valence-electron chi connectivity index (χ4n) is 2.76. The highest BCUT2D eigenvalue weighted by Gasteiger charge is 2.30. The van der Waals surface area contributed by atoms with Crippen LogP contribution in [0.3, 0.4) is 0 Å². The number of aliphatic hydroxyl groups is 1. The number of hydrogen-bond acceptors (Lipinski definition) is 4. The number of fused-ring (bicyclic) bond motifs is 1. The number of ketones is 2. The topological polar surface area (TPSA) is 66.9 Å². The van der Waals surface area contributed by atoms with Crippen LogP contribution in [0.25, 0.3) is 0 Å². The summed E-state index contributed by atoms with van der Waals surface area (Å²) in [7, 11) is 0. The molecule has 4 heteroatoms. The molecule has 0 fully saturated rings. The molecule has 0 bridgehead atoms. The summed E-state index contributed by atoms with van der Waals surface area (Å²) in [6.45, 7) is 3.63. The van der Waals surface area contributed by atoms with E-state index in [1.54, 1.807) is 6.08 Å². The third-order valence-electron chi connectivity index (χ3n) is 4.08. The zero-order valence-electron chi connectivity index (χ0n) is 13.7. The van der Waals surface area contributed by atoms with Crippen molar-refractivity contribution in [1.82, 2.24) is 0 Å². The molecule has 23 heavy (non-hydrogen) atoms. The Bertz CT molecular complexity index is 582. The van der Waals surface area contributed by atoms with Crippen LogP contribution in [-0.2, 0) is 9.59 Å². The number of Topliss-reactive ketones (excluding diaryl/α,β-unsaturated/α-hetero) is 2. The summed E-state index contributed by atoms with van der Waals surface area (Å²) in [5.74, 6) is 1.73. The minimum Gasteiger partial charge on any atom is -0.450 e. The molecule has 0 saturated heterocycles. The molecule has 3 rings (SSSR count). The fourth-order valence-corrected chi connectivity index (χ4v) is 2.76. The molecule has 0 aromatic heterocycles. The van der Waals surface area contributed by atoms with E-state index in [1.807, 2.05) is 24.3 Å². The van der Waals surface area contributed by atoms with Crippen LogP contribution in [0.1, 0.15) is 46.0 Å². The van der Waals surface area contributed by atoms with Crippen molar-refractivity contribution in [3.63, 3.8) is 0 Å². The normalized spacial score (nSPS) is 19.0. The second-order valence-electron chi connectivity index (χ2n) is 6.02. The maximum Gasteiger partial charge on any atom is 0.170 e. The van der Waals surface area contributed by atoms with Crippen molar-refractivity contribution in [2.75, 3.05) is 0 Å². The molecular weight excluding hydrogens is 292 g/mol. The number of rotatable bonds is 6. The van der Waals surface area contributed by atoms with Gasteiger partial charge in [-0.15, -0.1) is 0 Å². The van der Waals surface area contributed by atoms with E-state index in [-0.39, 0.29) is 23.9 Å². The van der Waals surface area contributed by atoms with Crippen molar-refractivity contribution in [2.45, 2.75) is 52.1 Å². The van der Waals surface area contributed by atoms with Gasteiger partial charge in [0.15, 0.2) is 17.3 Å². The number of para-hydroxylation sites is 2. The van der Waals surface area contributed by atoms with Gasteiger partial charge < -0.3 is 9.84 Å². The molecule has 2 atom stereocenters. The molecular formula is C19H24O4. The van der Waals surface area contributed by atoms with Crippen molar-refractivity contribution >= 4 is 11.6 Å². The quantitative estimate of drug-likeness (QED) is 0.650. The highest BCUT2D eigenvalue weighted by Crippen LogP contribution is 2.43. The molecule has 1 aliphatic carbocycles. The Morgan fingerprint density at radius 3 is 2.39 bits per heavy atom. The van der Waals surface area contributed by atoms with Gasteiger partial charge in [-0.1, -0.05) is 38.3 Å². The summed E-state index contributed by atoms with van der Waals surface area (Å²) in [5, 5.41) is 9.36. The number of hydrogen-bond donors (Lipinski definition) is 1. The van der Waals surface area contributed by atoms with Crippen molar-refractivity contribution in [2.24, 2.45) is 5.92 Å². The Kier molecular flexibility index (Phi) is 6.11. The van der Waals surface area contributed by atoms with Gasteiger partial charge in [0, 0.05) is 17.9 Å². The maximum absolute atomic E-state index is 11.6. The molecule has 0 saturated carbocycles. The lowest BCUT2D eigenvalue weighted by molar-refractivity contribution is -0.123. The van der Waals surface area contributed by atoms with Crippen LogP contribution in [0.15, 0.2) is 35.9 Å². The summed E-state index contributed by atoms with van der Waals surface area (Å²) in [5.41, 5.74) is 0.538. The number of benzene rings is 1. The first-order valence-electron chi connectivity index (χ1n) is 8.23. The van der Waals surface area contributed by atoms with Gasteiger partial charge in [-0.3, -0.25) is 9.59 Å². The molecule has 1 aromatic carbocycles. The third-order valence-corrected chi connectivity index (χ3v) is 4.08. The van der Waals surface area contributed by atoms with Gasteiger partial charge in [0.05, 0.1) is 6.10 Å². The van der Waals surface area contributed by atoms with Gasteiger partial charge in [-0.05, 0) is 31.6 Å². The smallest absolute Gasteiger partial charge is 0.170 e. The first-order valence-corrected chi connectivity index (χ1v) is 8.23. The molecule has 0 radical (unpaired) electrons. The van der Waals surface area contributed by atoms with E-state index in [9.17, 15) is 14.7 Å². The molecule has 0 amide bonds. The maximum atomic E-state index is 11.6. The summed E-state index contributed by atoms with van der Waals surface area (Å²) >= 11 is 0. The van der Waals surface area contributed by atoms with E-state index in [4.69, 9.17) is 4.74 Å². The standard InChI is InChI=1S/C13H20O3.C6H4O/c1-3-4-5-6-11(9(2)14)12-7-10(15)8-13(12)16;1-2-4-6-5(3-1)7-6/h7,10-11,15H,3-6,8H2,1-2H3;1-4H. The molecule has 4 nitrogen and oxygen atoms in total. The van der Waals surface area contributed by atoms with E-state index in [0.29, 0.717) is 5.57 Å². The van der Waals surface area contributed by atoms with Crippen LogP contribution in [0.4, 0.5) is 0 Å². The SMILES string of the molecule is CCCCCC(C(C)=O)C1=CC(O)CC1=O.c1ccc2c(c1)O2. The van der Waals surface area contributed by atoms with E-state index < -0.39 is 6.10 Å². The Morgan fingerprint density at radius 1 is 1.30 bits per heavy atom. The second kappa shape index (κ2) is 8.06. The highest BCUT2D eigenvalue weighted by molar-refractivity contribution is 6.03. The average Bonchev–Trinajstić information content (AvgIpc) is 3.22. The van der Waals surface area contributed by atoms with Crippen LogP contribution in [0.2, 0.25) is 0 Å². The van der Waals surface area contributed by atoms with Gasteiger partial charge in [-0.2, -0.15) is 0 Å². The lowest BCUT2D eigenvalue weighted by Gasteiger charge is -2.13. The summed E-state index contributed by atoms with van der Waals surface area (Å²) in [6.07, 6.45) is 4.88. The van der Waals surface area contributed by atoms with Gasteiger partial charge in [-0.25, -0.2) is 0 Å². The lowest BCUT2D eigenvalue weighted by Crippen LogP contribution is -2.17. The van der Waals surface area contributed by atoms with Crippen LogP contribution in [-0.4, -0.2) is 22.8 Å². The zero-order valence-corrected chi connectivity index (χ0v) is 13.7. The number of carbonyl (C=O) groups excluding carboxylic acids is 2. The molecule has 124 valence electrons. The number of unbranched alkanes of at least 4 members (excludes halogenated alkanes) is 2. The van der Waals surface area contributed by atoms with Crippen LogP contribution < -0.4 is 4.74 Å². The predicted molar refractivity (Wildman–Crippen MR) is 88.5 cm³/mol. The summed E-state index contributed by atoms with van der Waals surface area (Å²) in [4.78, 5) is 23.1.